The molecule has 0 unspecified atom stereocenters. The molecule has 2 rings (SSSR count). The summed E-state index contributed by atoms with van der Waals surface area (Å²) in [5.74, 6) is 1.68. The van der Waals surface area contributed by atoms with Crippen molar-refractivity contribution in [3.63, 3.8) is 0 Å². The van der Waals surface area contributed by atoms with Crippen LogP contribution in [0.25, 0.3) is 0 Å². The van der Waals surface area contributed by atoms with E-state index in [0.717, 1.165) is 17.1 Å². The van der Waals surface area contributed by atoms with Gasteiger partial charge in [0.2, 0.25) is 0 Å². The van der Waals surface area contributed by atoms with Gasteiger partial charge < -0.3 is 5.73 Å². The highest BCUT2D eigenvalue weighted by molar-refractivity contribution is 7.98. The number of nitrogens with zero attached hydrogens (tertiary/aromatic N) is 4. The molecule has 5 nitrogen and oxygen atoms in total. The fourth-order valence-corrected chi connectivity index (χ4v) is 2.22. The van der Waals surface area contributed by atoms with Crippen LogP contribution in [0.15, 0.2) is 17.4 Å². The first kappa shape index (κ1) is 13.0. The highest BCUT2D eigenvalue weighted by Crippen LogP contribution is 2.20. The maximum Gasteiger partial charge on any atom is 0.191 e. The first-order chi connectivity index (χ1) is 8.54. The Morgan fingerprint density at radius 3 is 2.72 bits per heavy atom. The molecular weight excluding hydrogens is 270 g/mol. The van der Waals surface area contributed by atoms with E-state index in [1.807, 2.05) is 20.0 Å². The second kappa shape index (κ2) is 5.49. The molecule has 2 N–H and O–H groups in total. The number of thioether (sulfide) groups is 1. The Labute approximate surface area is 114 Å². The van der Waals surface area contributed by atoms with E-state index in [4.69, 9.17) is 17.3 Å². The van der Waals surface area contributed by atoms with Gasteiger partial charge in [-0.15, -0.1) is 0 Å². The van der Waals surface area contributed by atoms with Crippen molar-refractivity contribution in [2.75, 3.05) is 5.73 Å². The second-order valence-electron chi connectivity index (χ2n) is 3.74. The van der Waals surface area contributed by atoms with E-state index >= 15 is 0 Å². The Morgan fingerprint density at radius 2 is 2.06 bits per heavy atom. The molecule has 0 spiro atoms. The Kier molecular flexibility index (Phi) is 3.98. The zero-order chi connectivity index (χ0) is 13.1. The van der Waals surface area contributed by atoms with Gasteiger partial charge in [-0.25, -0.2) is 19.9 Å². The van der Waals surface area contributed by atoms with Crippen LogP contribution in [0.4, 0.5) is 5.82 Å². The molecule has 94 valence electrons. The van der Waals surface area contributed by atoms with Gasteiger partial charge in [0.25, 0.3) is 0 Å². The lowest BCUT2D eigenvalue weighted by Crippen LogP contribution is -1.99. The predicted molar refractivity (Wildman–Crippen MR) is 72.5 cm³/mol. The number of anilines is 1. The molecule has 0 aliphatic rings. The number of hydrogen-bond acceptors (Lipinski definition) is 6. The molecule has 0 amide bonds. The zero-order valence-electron chi connectivity index (χ0n) is 10.0. The maximum absolute atomic E-state index is 5.80. The standard InChI is InChI=1S/C11H12ClN5S/c1-6-4-14-10(15-7(6)2)5-18-11-16-8(12)3-9(13)17-11/h3-4H,5H2,1-2H3,(H2,13,16,17). The zero-order valence-corrected chi connectivity index (χ0v) is 11.6. The summed E-state index contributed by atoms with van der Waals surface area (Å²) in [4.78, 5) is 16.8. The number of aryl methyl sites for hydroxylation is 2. The van der Waals surface area contributed by atoms with Crippen LogP contribution in [0.5, 0.6) is 0 Å². The van der Waals surface area contributed by atoms with Crippen LogP contribution in [0.1, 0.15) is 17.1 Å². The Bertz CT molecular complexity index is 555. The topological polar surface area (TPSA) is 77.6 Å². The molecule has 0 saturated carbocycles. The highest BCUT2D eigenvalue weighted by atomic mass is 35.5. The molecule has 0 saturated heterocycles. The molecular formula is C11H12ClN5S. The van der Waals surface area contributed by atoms with E-state index in [1.165, 1.54) is 17.8 Å². The molecule has 18 heavy (non-hydrogen) atoms. The molecule has 0 aromatic carbocycles. The summed E-state index contributed by atoms with van der Waals surface area (Å²) >= 11 is 7.21. The van der Waals surface area contributed by atoms with Crippen LogP contribution in [0.3, 0.4) is 0 Å². The van der Waals surface area contributed by atoms with Crippen LogP contribution >= 0.6 is 23.4 Å². The Morgan fingerprint density at radius 1 is 1.28 bits per heavy atom. The summed E-state index contributed by atoms with van der Waals surface area (Å²) in [6, 6.07) is 1.51. The van der Waals surface area contributed by atoms with E-state index in [9.17, 15) is 0 Å². The molecule has 0 atom stereocenters. The SMILES string of the molecule is Cc1cnc(CSc2nc(N)cc(Cl)n2)nc1C. The van der Waals surface area contributed by atoms with Gasteiger partial charge in [0, 0.05) is 18.0 Å². The van der Waals surface area contributed by atoms with Crippen molar-refractivity contribution in [3.05, 3.63) is 34.5 Å². The minimum atomic E-state index is 0.339. The van der Waals surface area contributed by atoms with Gasteiger partial charge in [-0.2, -0.15) is 0 Å². The van der Waals surface area contributed by atoms with E-state index in [0.29, 0.717) is 21.9 Å². The van der Waals surface area contributed by atoms with Crippen molar-refractivity contribution in [1.82, 2.24) is 19.9 Å². The lowest BCUT2D eigenvalue weighted by atomic mass is 10.3. The van der Waals surface area contributed by atoms with Crippen molar-refractivity contribution in [2.24, 2.45) is 0 Å². The lowest BCUT2D eigenvalue weighted by Gasteiger charge is -2.03. The number of halogens is 1. The van der Waals surface area contributed by atoms with Gasteiger partial charge in [-0.1, -0.05) is 23.4 Å². The van der Waals surface area contributed by atoms with E-state index in [2.05, 4.69) is 19.9 Å². The quantitative estimate of drug-likeness (QED) is 0.529. The largest absolute Gasteiger partial charge is 0.384 e. The van der Waals surface area contributed by atoms with Gasteiger partial charge in [0.1, 0.15) is 16.8 Å². The van der Waals surface area contributed by atoms with Crippen molar-refractivity contribution in [2.45, 2.75) is 24.8 Å². The van der Waals surface area contributed by atoms with Gasteiger partial charge in [-0.3, -0.25) is 0 Å². The molecule has 7 heteroatoms. The van der Waals surface area contributed by atoms with Gasteiger partial charge >= 0.3 is 0 Å². The maximum atomic E-state index is 5.80. The average molecular weight is 282 g/mol. The van der Waals surface area contributed by atoms with Gasteiger partial charge in [0.15, 0.2) is 5.16 Å². The van der Waals surface area contributed by atoms with Gasteiger partial charge in [0.05, 0.1) is 5.75 Å². The van der Waals surface area contributed by atoms with Crippen molar-refractivity contribution in [3.8, 4) is 0 Å². The fraction of sp³-hybridized carbons (Fsp3) is 0.273. The van der Waals surface area contributed by atoms with E-state index in [1.54, 1.807) is 0 Å². The number of nitrogen functional groups attached to an aromatic ring is 1. The van der Waals surface area contributed by atoms with Crippen LogP contribution in [0, 0.1) is 13.8 Å². The van der Waals surface area contributed by atoms with Crippen LogP contribution in [-0.2, 0) is 5.75 Å². The monoisotopic (exact) mass is 281 g/mol. The lowest BCUT2D eigenvalue weighted by molar-refractivity contribution is 0.950. The Hall–Kier alpha value is -1.40. The third-order valence-corrected chi connectivity index (χ3v) is 3.34. The minimum Gasteiger partial charge on any atom is -0.384 e. The average Bonchev–Trinajstić information content (AvgIpc) is 2.29. The first-order valence-corrected chi connectivity index (χ1v) is 6.63. The summed E-state index contributed by atoms with van der Waals surface area (Å²) < 4.78 is 0. The molecule has 0 aliphatic heterocycles. The predicted octanol–water partition coefficient (Wildman–Crippen LogP) is 2.41. The van der Waals surface area contributed by atoms with Crippen molar-refractivity contribution in [1.29, 1.82) is 0 Å². The molecule has 0 fully saturated rings. The first-order valence-electron chi connectivity index (χ1n) is 5.26. The number of nitrogens with two attached hydrogens (primary N) is 1. The summed E-state index contributed by atoms with van der Waals surface area (Å²) in [5.41, 5.74) is 7.65. The molecule has 0 radical (unpaired) electrons. The molecule has 0 bridgehead atoms. The van der Waals surface area contributed by atoms with Crippen LogP contribution < -0.4 is 5.73 Å². The molecule has 2 aromatic rings. The number of aromatic nitrogens is 4. The van der Waals surface area contributed by atoms with E-state index < -0.39 is 0 Å². The van der Waals surface area contributed by atoms with Gasteiger partial charge in [-0.05, 0) is 19.4 Å². The Balaban J connectivity index is 2.08. The minimum absolute atomic E-state index is 0.339. The van der Waals surface area contributed by atoms with Crippen molar-refractivity contribution >= 4 is 29.2 Å². The number of rotatable bonds is 3. The number of hydrogen-bond donors (Lipinski definition) is 1. The third kappa shape index (κ3) is 3.30. The summed E-state index contributed by atoms with van der Waals surface area (Å²) in [6.45, 7) is 3.94. The molecule has 2 heterocycles. The third-order valence-electron chi connectivity index (χ3n) is 2.30. The van der Waals surface area contributed by atoms with Crippen LogP contribution in [0.2, 0.25) is 5.15 Å². The highest BCUT2D eigenvalue weighted by Gasteiger charge is 2.05. The summed E-state index contributed by atoms with van der Waals surface area (Å²) in [6.07, 6.45) is 1.81. The molecule has 2 aromatic heterocycles. The fourth-order valence-electron chi connectivity index (χ4n) is 1.25. The summed E-state index contributed by atoms with van der Waals surface area (Å²) in [7, 11) is 0. The smallest absolute Gasteiger partial charge is 0.191 e. The molecule has 0 aliphatic carbocycles. The second-order valence-corrected chi connectivity index (χ2v) is 5.07. The van der Waals surface area contributed by atoms with Crippen LogP contribution in [-0.4, -0.2) is 19.9 Å². The summed E-state index contributed by atoms with van der Waals surface area (Å²) in [5, 5.41) is 0.868. The van der Waals surface area contributed by atoms with Crippen molar-refractivity contribution < 1.29 is 0 Å². The van der Waals surface area contributed by atoms with E-state index in [-0.39, 0.29) is 0 Å². The normalized spacial score (nSPS) is 10.6.